The molecule has 106 valence electrons. The van der Waals surface area contributed by atoms with Gasteiger partial charge in [0.1, 0.15) is 0 Å². The van der Waals surface area contributed by atoms with Gasteiger partial charge in [0.25, 0.3) is 0 Å². The zero-order valence-electron chi connectivity index (χ0n) is 11.7. The van der Waals surface area contributed by atoms with Gasteiger partial charge in [-0.2, -0.15) is 0 Å². The maximum atomic E-state index is 11.9. The molecule has 1 rings (SSSR count). The minimum Gasteiger partial charge on any atom is -0.377 e. The summed E-state index contributed by atoms with van der Waals surface area (Å²) in [5, 5.41) is 2.88. The van der Waals surface area contributed by atoms with Gasteiger partial charge in [0.2, 0.25) is 5.91 Å². The number of likely N-dealkylation sites (tertiary alicyclic amines) is 1. The van der Waals surface area contributed by atoms with E-state index in [4.69, 9.17) is 10.5 Å². The molecule has 0 aromatic carbocycles. The van der Waals surface area contributed by atoms with E-state index < -0.39 is 0 Å². The highest BCUT2D eigenvalue weighted by atomic mass is 16.5. The SMILES string of the molecule is CC(C)OCCN1CCCC(C(=O)NCCN)C1. The van der Waals surface area contributed by atoms with Gasteiger partial charge < -0.3 is 20.7 Å². The van der Waals surface area contributed by atoms with E-state index in [0.717, 1.165) is 39.1 Å². The van der Waals surface area contributed by atoms with Gasteiger partial charge in [0, 0.05) is 26.2 Å². The molecule has 0 aliphatic carbocycles. The van der Waals surface area contributed by atoms with E-state index in [9.17, 15) is 4.79 Å². The molecule has 1 saturated heterocycles. The van der Waals surface area contributed by atoms with E-state index in [0.29, 0.717) is 13.1 Å². The maximum absolute atomic E-state index is 11.9. The van der Waals surface area contributed by atoms with Crippen LogP contribution in [-0.2, 0) is 9.53 Å². The summed E-state index contributed by atoms with van der Waals surface area (Å²) in [6.07, 6.45) is 2.35. The molecule has 1 fully saturated rings. The molecule has 0 bridgehead atoms. The van der Waals surface area contributed by atoms with Crippen LogP contribution in [0.15, 0.2) is 0 Å². The number of nitrogens with two attached hydrogens (primary N) is 1. The first-order valence-electron chi connectivity index (χ1n) is 6.95. The predicted octanol–water partition coefficient (Wildman–Crippen LogP) is 0.198. The highest BCUT2D eigenvalue weighted by molar-refractivity contribution is 5.78. The Morgan fingerprint density at radius 2 is 2.33 bits per heavy atom. The molecule has 0 spiro atoms. The molecule has 1 aliphatic heterocycles. The van der Waals surface area contributed by atoms with Crippen molar-refractivity contribution in [3.63, 3.8) is 0 Å². The van der Waals surface area contributed by atoms with Crippen LogP contribution in [0.4, 0.5) is 0 Å². The predicted molar refractivity (Wildman–Crippen MR) is 72.3 cm³/mol. The van der Waals surface area contributed by atoms with Gasteiger partial charge in [-0.05, 0) is 33.2 Å². The summed E-state index contributed by atoms with van der Waals surface area (Å²) in [6.45, 7) is 8.74. The second-order valence-electron chi connectivity index (χ2n) is 5.14. The molecule has 5 heteroatoms. The van der Waals surface area contributed by atoms with Crippen molar-refractivity contribution in [2.45, 2.75) is 32.8 Å². The fourth-order valence-corrected chi connectivity index (χ4v) is 2.23. The zero-order valence-corrected chi connectivity index (χ0v) is 11.7. The van der Waals surface area contributed by atoms with Crippen LogP contribution in [0.3, 0.4) is 0 Å². The van der Waals surface area contributed by atoms with Gasteiger partial charge >= 0.3 is 0 Å². The van der Waals surface area contributed by atoms with Crippen molar-refractivity contribution in [3.05, 3.63) is 0 Å². The second kappa shape index (κ2) is 8.45. The van der Waals surface area contributed by atoms with Gasteiger partial charge in [0.15, 0.2) is 0 Å². The van der Waals surface area contributed by atoms with Crippen molar-refractivity contribution in [3.8, 4) is 0 Å². The van der Waals surface area contributed by atoms with Crippen LogP contribution in [-0.4, -0.2) is 56.2 Å². The molecular formula is C13H27N3O2. The Morgan fingerprint density at radius 1 is 1.56 bits per heavy atom. The van der Waals surface area contributed by atoms with Crippen LogP contribution < -0.4 is 11.1 Å². The molecule has 1 unspecified atom stereocenters. The number of carbonyl (C=O) groups excluding carboxylic acids is 1. The van der Waals surface area contributed by atoms with E-state index in [1.54, 1.807) is 0 Å². The molecule has 1 amide bonds. The third-order valence-corrected chi connectivity index (χ3v) is 3.18. The van der Waals surface area contributed by atoms with Crippen LogP contribution in [0, 0.1) is 5.92 Å². The summed E-state index contributed by atoms with van der Waals surface area (Å²) < 4.78 is 5.55. The summed E-state index contributed by atoms with van der Waals surface area (Å²) in [5.74, 6) is 0.263. The smallest absolute Gasteiger partial charge is 0.224 e. The Balaban J connectivity index is 2.25. The van der Waals surface area contributed by atoms with Crippen LogP contribution in [0.2, 0.25) is 0 Å². The van der Waals surface area contributed by atoms with E-state index in [1.165, 1.54) is 0 Å². The number of carbonyl (C=O) groups is 1. The minimum absolute atomic E-state index is 0.115. The molecule has 5 nitrogen and oxygen atoms in total. The number of ether oxygens (including phenoxy) is 1. The highest BCUT2D eigenvalue weighted by Crippen LogP contribution is 2.16. The number of piperidine rings is 1. The number of rotatable bonds is 7. The first kappa shape index (κ1) is 15.4. The fraction of sp³-hybridized carbons (Fsp3) is 0.923. The van der Waals surface area contributed by atoms with Crippen LogP contribution in [0.25, 0.3) is 0 Å². The summed E-state index contributed by atoms with van der Waals surface area (Å²) in [6, 6.07) is 0. The number of nitrogens with zero attached hydrogens (tertiary/aromatic N) is 1. The summed E-state index contributed by atoms with van der Waals surface area (Å²) in [5.41, 5.74) is 5.39. The number of nitrogens with one attached hydrogen (secondary N) is 1. The zero-order chi connectivity index (χ0) is 13.4. The average molecular weight is 257 g/mol. The van der Waals surface area contributed by atoms with Crippen molar-refractivity contribution >= 4 is 5.91 Å². The average Bonchev–Trinajstić information content (AvgIpc) is 2.36. The standard InChI is InChI=1S/C13H27N3O2/c1-11(2)18-9-8-16-7-3-4-12(10-16)13(17)15-6-5-14/h11-12H,3-10,14H2,1-2H3,(H,15,17). The Bertz CT molecular complexity index is 246. The van der Waals surface area contributed by atoms with Gasteiger partial charge in [0.05, 0.1) is 18.6 Å². The van der Waals surface area contributed by atoms with Gasteiger partial charge in [-0.1, -0.05) is 0 Å². The molecule has 0 aromatic rings. The summed E-state index contributed by atoms with van der Waals surface area (Å²) in [7, 11) is 0. The molecule has 3 N–H and O–H groups in total. The normalized spacial score (nSPS) is 21.2. The molecule has 0 radical (unpaired) electrons. The van der Waals surface area contributed by atoms with Gasteiger partial charge in [-0.25, -0.2) is 0 Å². The molecule has 1 heterocycles. The topological polar surface area (TPSA) is 67.6 Å². The quantitative estimate of drug-likeness (QED) is 0.683. The van der Waals surface area contributed by atoms with Crippen molar-refractivity contribution in [1.82, 2.24) is 10.2 Å². The first-order valence-corrected chi connectivity index (χ1v) is 6.95. The van der Waals surface area contributed by atoms with Crippen molar-refractivity contribution in [2.24, 2.45) is 11.7 Å². The van der Waals surface area contributed by atoms with Crippen molar-refractivity contribution < 1.29 is 9.53 Å². The monoisotopic (exact) mass is 257 g/mol. The lowest BCUT2D eigenvalue weighted by molar-refractivity contribution is -0.126. The summed E-state index contributed by atoms with van der Waals surface area (Å²) >= 11 is 0. The fourth-order valence-electron chi connectivity index (χ4n) is 2.23. The largest absolute Gasteiger partial charge is 0.377 e. The summed E-state index contributed by atoms with van der Waals surface area (Å²) in [4.78, 5) is 14.2. The lowest BCUT2D eigenvalue weighted by Crippen LogP contribution is -2.45. The van der Waals surface area contributed by atoms with Crippen LogP contribution in [0.5, 0.6) is 0 Å². The molecule has 0 saturated carbocycles. The molecule has 1 aliphatic rings. The third kappa shape index (κ3) is 5.80. The molecule has 1 atom stereocenters. The van der Waals surface area contributed by atoms with E-state index in [1.807, 2.05) is 13.8 Å². The Hall–Kier alpha value is -0.650. The Labute approximate surface area is 110 Å². The maximum Gasteiger partial charge on any atom is 0.224 e. The Morgan fingerprint density at radius 3 is 3.00 bits per heavy atom. The minimum atomic E-state index is 0.115. The number of hydrogen-bond acceptors (Lipinski definition) is 4. The van der Waals surface area contributed by atoms with E-state index >= 15 is 0 Å². The first-order chi connectivity index (χ1) is 8.63. The van der Waals surface area contributed by atoms with E-state index in [2.05, 4.69) is 10.2 Å². The molecular weight excluding hydrogens is 230 g/mol. The van der Waals surface area contributed by atoms with Gasteiger partial charge in [-0.3, -0.25) is 4.79 Å². The van der Waals surface area contributed by atoms with Crippen molar-refractivity contribution in [1.29, 1.82) is 0 Å². The van der Waals surface area contributed by atoms with Crippen molar-refractivity contribution in [2.75, 3.05) is 39.3 Å². The highest BCUT2D eigenvalue weighted by Gasteiger charge is 2.25. The van der Waals surface area contributed by atoms with Crippen LogP contribution >= 0.6 is 0 Å². The van der Waals surface area contributed by atoms with Gasteiger partial charge in [-0.15, -0.1) is 0 Å². The molecule has 0 aromatic heterocycles. The second-order valence-corrected chi connectivity index (χ2v) is 5.14. The number of amides is 1. The number of hydrogen-bond donors (Lipinski definition) is 2. The lowest BCUT2D eigenvalue weighted by Gasteiger charge is -2.32. The van der Waals surface area contributed by atoms with E-state index in [-0.39, 0.29) is 17.9 Å². The Kier molecular flexibility index (Phi) is 7.23. The molecule has 18 heavy (non-hydrogen) atoms. The third-order valence-electron chi connectivity index (χ3n) is 3.18. The van der Waals surface area contributed by atoms with Crippen LogP contribution in [0.1, 0.15) is 26.7 Å². The lowest BCUT2D eigenvalue weighted by atomic mass is 9.97.